The van der Waals surface area contributed by atoms with E-state index >= 15 is 0 Å². The van der Waals surface area contributed by atoms with Gasteiger partial charge in [-0.1, -0.05) is 30.3 Å². The molecule has 3 rings (SSSR count). The molecule has 0 aliphatic rings. The Kier molecular flexibility index (Phi) is 8.85. The molecule has 9 heteroatoms. The molecule has 2 amide bonds. The molecule has 0 heterocycles. The molecule has 180 valence electrons. The summed E-state index contributed by atoms with van der Waals surface area (Å²) in [7, 11) is 5.32. The Balaban J connectivity index is 1.83. The average molecular weight is 584 g/mol. The van der Waals surface area contributed by atoms with Crippen molar-refractivity contribution in [1.82, 2.24) is 10.7 Å². The summed E-state index contributed by atoms with van der Waals surface area (Å²) in [5.74, 6) is -0.689. The molecule has 0 bridgehead atoms. The summed E-state index contributed by atoms with van der Waals surface area (Å²) in [6, 6.07) is 19.4. The van der Waals surface area contributed by atoms with Gasteiger partial charge in [-0.05, 0) is 76.2 Å². The first kappa shape index (κ1) is 25.8. The van der Waals surface area contributed by atoms with Crippen molar-refractivity contribution in [1.29, 1.82) is 0 Å². The highest BCUT2D eigenvalue weighted by Crippen LogP contribution is 2.31. The number of hydrogen-bond donors (Lipinski definition) is 3. The maximum absolute atomic E-state index is 12.9. The maximum atomic E-state index is 12.9. The predicted molar refractivity (Wildman–Crippen MR) is 146 cm³/mol. The van der Waals surface area contributed by atoms with Gasteiger partial charge in [-0.25, -0.2) is 5.43 Å². The number of anilines is 1. The van der Waals surface area contributed by atoms with Crippen LogP contribution in [0.1, 0.15) is 21.5 Å². The van der Waals surface area contributed by atoms with Gasteiger partial charge in [-0.15, -0.1) is 0 Å². The van der Waals surface area contributed by atoms with Crippen LogP contribution in [0.3, 0.4) is 0 Å². The number of hydrogen-bond acceptors (Lipinski definition) is 6. The van der Waals surface area contributed by atoms with Crippen LogP contribution in [0.25, 0.3) is 6.08 Å². The number of phenolic OH excluding ortho intramolecular Hbond substituents is 1. The molecule has 0 unspecified atom stereocenters. The van der Waals surface area contributed by atoms with Crippen LogP contribution in [0, 0.1) is 3.57 Å². The Morgan fingerprint density at radius 1 is 1.03 bits per heavy atom. The number of phenols is 1. The van der Waals surface area contributed by atoms with Crippen LogP contribution in [0.2, 0.25) is 0 Å². The van der Waals surface area contributed by atoms with Crippen LogP contribution >= 0.6 is 22.6 Å². The van der Waals surface area contributed by atoms with Crippen LogP contribution in [-0.2, 0) is 4.79 Å². The Hall–Kier alpha value is -3.86. The highest BCUT2D eigenvalue weighted by molar-refractivity contribution is 14.1. The summed E-state index contributed by atoms with van der Waals surface area (Å²) < 4.78 is 5.72. The van der Waals surface area contributed by atoms with Crippen LogP contribution in [0.4, 0.5) is 5.69 Å². The van der Waals surface area contributed by atoms with Crippen molar-refractivity contribution < 1.29 is 19.4 Å². The van der Waals surface area contributed by atoms with Crippen LogP contribution in [0.15, 0.2) is 77.5 Å². The van der Waals surface area contributed by atoms with E-state index < -0.39 is 11.8 Å². The summed E-state index contributed by atoms with van der Waals surface area (Å²) in [6.45, 7) is 0. The Morgan fingerprint density at radius 2 is 1.71 bits per heavy atom. The minimum Gasteiger partial charge on any atom is -0.504 e. The van der Waals surface area contributed by atoms with E-state index in [4.69, 9.17) is 4.74 Å². The van der Waals surface area contributed by atoms with Gasteiger partial charge < -0.3 is 20.1 Å². The molecular weight excluding hydrogens is 559 g/mol. The third-order valence-corrected chi connectivity index (χ3v) is 5.72. The van der Waals surface area contributed by atoms with Crippen molar-refractivity contribution in [2.45, 2.75) is 0 Å². The molecule has 8 nitrogen and oxygen atoms in total. The zero-order valence-electron chi connectivity index (χ0n) is 19.4. The molecule has 0 fully saturated rings. The van der Waals surface area contributed by atoms with E-state index in [1.54, 1.807) is 48.5 Å². The van der Waals surface area contributed by atoms with E-state index in [1.165, 1.54) is 13.3 Å². The lowest BCUT2D eigenvalue weighted by Gasteiger charge is -2.12. The molecular formula is C26H25IN4O4. The number of rotatable bonds is 8. The van der Waals surface area contributed by atoms with Gasteiger partial charge in [0.15, 0.2) is 11.5 Å². The fourth-order valence-electron chi connectivity index (χ4n) is 3.03. The third-order valence-electron chi connectivity index (χ3n) is 4.90. The van der Waals surface area contributed by atoms with Gasteiger partial charge in [0, 0.05) is 25.3 Å². The summed E-state index contributed by atoms with van der Waals surface area (Å²) >= 11 is 1.97. The van der Waals surface area contributed by atoms with Gasteiger partial charge in [0.2, 0.25) is 0 Å². The summed E-state index contributed by atoms with van der Waals surface area (Å²) in [5, 5.41) is 16.7. The van der Waals surface area contributed by atoms with E-state index in [0.717, 1.165) is 11.3 Å². The minimum absolute atomic E-state index is 0.0309. The van der Waals surface area contributed by atoms with Crippen LogP contribution < -0.4 is 20.4 Å². The lowest BCUT2D eigenvalue weighted by Crippen LogP contribution is -2.32. The summed E-state index contributed by atoms with van der Waals surface area (Å²) in [6.07, 6.45) is 3.00. The SMILES string of the molecule is COc1cc(C=NNC(=O)C(=Cc2ccc(N(C)C)cc2)NC(=O)c2ccccc2)cc(I)c1O. The zero-order chi connectivity index (χ0) is 25.4. The number of hydrazone groups is 1. The lowest BCUT2D eigenvalue weighted by molar-refractivity contribution is -0.117. The molecule has 3 aromatic carbocycles. The van der Waals surface area contributed by atoms with Gasteiger partial charge in [0.05, 0.1) is 16.9 Å². The summed E-state index contributed by atoms with van der Waals surface area (Å²) in [5.41, 5.74) is 5.25. The van der Waals surface area contributed by atoms with Crippen molar-refractivity contribution in [2.75, 3.05) is 26.1 Å². The second-order valence-corrected chi connectivity index (χ2v) is 8.78. The molecule has 35 heavy (non-hydrogen) atoms. The molecule has 0 aliphatic carbocycles. The summed E-state index contributed by atoms with van der Waals surface area (Å²) in [4.78, 5) is 27.6. The zero-order valence-corrected chi connectivity index (χ0v) is 21.6. The van der Waals surface area contributed by atoms with E-state index in [2.05, 4.69) is 15.8 Å². The molecule has 0 aromatic heterocycles. The highest BCUT2D eigenvalue weighted by Gasteiger charge is 2.14. The number of aromatic hydroxyl groups is 1. The van der Waals surface area contributed by atoms with Crippen molar-refractivity contribution in [3.8, 4) is 11.5 Å². The molecule has 0 saturated heterocycles. The van der Waals surface area contributed by atoms with Crippen LogP contribution in [-0.4, -0.2) is 44.3 Å². The fourth-order valence-corrected chi connectivity index (χ4v) is 3.65. The first-order chi connectivity index (χ1) is 16.8. The molecule has 3 N–H and O–H groups in total. The van der Waals surface area contributed by atoms with Crippen molar-refractivity contribution in [3.05, 3.63) is 92.7 Å². The van der Waals surface area contributed by atoms with Gasteiger partial charge in [-0.3, -0.25) is 9.59 Å². The minimum atomic E-state index is -0.595. The quantitative estimate of drug-likeness (QED) is 0.161. The Morgan fingerprint density at radius 3 is 2.34 bits per heavy atom. The number of benzene rings is 3. The topological polar surface area (TPSA) is 103 Å². The van der Waals surface area contributed by atoms with Gasteiger partial charge >= 0.3 is 0 Å². The van der Waals surface area contributed by atoms with E-state index in [9.17, 15) is 14.7 Å². The maximum Gasteiger partial charge on any atom is 0.287 e. The third kappa shape index (κ3) is 7.06. The number of halogens is 1. The number of carbonyl (C=O) groups excluding carboxylic acids is 2. The number of carbonyl (C=O) groups is 2. The predicted octanol–water partition coefficient (Wildman–Crippen LogP) is 3.99. The van der Waals surface area contributed by atoms with Gasteiger partial charge in [0.25, 0.3) is 11.8 Å². The van der Waals surface area contributed by atoms with Crippen molar-refractivity contribution in [2.24, 2.45) is 5.10 Å². The highest BCUT2D eigenvalue weighted by atomic mass is 127. The van der Waals surface area contributed by atoms with Gasteiger partial charge in [0.1, 0.15) is 5.70 Å². The van der Waals surface area contributed by atoms with E-state index in [-0.39, 0.29) is 11.4 Å². The number of methoxy groups -OCH3 is 1. The molecule has 3 aromatic rings. The lowest BCUT2D eigenvalue weighted by atomic mass is 10.1. The van der Waals surface area contributed by atoms with E-state index in [0.29, 0.717) is 20.4 Å². The molecule has 0 saturated carbocycles. The molecule has 0 aliphatic heterocycles. The van der Waals surface area contributed by atoms with Crippen LogP contribution in [0.5, 0.6) is 11.5 Å². The standard InChI is InChI=1S/C26H25IN4O4/c1-31(2)20-11-9-17(10-12-20)14-22(29-25(33)19-7-5-4-6-8-19)26(34)30-28-16-18-13-21(27)24(32)23(15-18)35-3/h4-16,32H,1-3H3,(H,29,33)(H,30,34). The number of nitrogens with zero attached hydrogens (tertiary/aromatic N) is 2. The first-order valence-corrected chi connectivity index (χ1v) is 11.6. The Labute approximate surface area is 217 Å². The first-order valence-electron chi connectivity index (χ1n) is 10.5. The van der Waals surface area contributed by atoms with Gasteiger partial charge in [-0.2, -0.15) is 5.10 Å². The Bertz CT molecular complexity index is 1260. The number of nitrogens with one attached hydrogen (secondary N) is 2. The molecule has 0 spiro atoms. The normalized spacial score (nSPS) is 11.3. The van der Waals surface area contributed by atoms with E-state index in [1.807, 2.05) is 65.9 Å². The number of ether oxygens (including phenoxy) is 1. The van der Waals surface area contributed by atoms with Crippen molar-refractivity contribution >= 4 is 52.4 Å². The fraction of sp³-hybridized carbons (Fsp3) is 0.115. The monoisotopic (exact) mass is 584 g/mol. The molecule has 0 radical (unpaired) electrons. The smallest absolute Gasteiger partial charge is 0.287 e. The second kappa shape index (κ2) is 12.0. The largest absolute Gasteiger partial charge is 0.504 e. The molecule has 0 atom stereocenters. The van der Waals surface area contributed by atoms with Crippen molar-refractivity contribution in [3.63, 3.8) is 0 Å². The average Bonchev–Trinajstić information content (AvgIpc) is 2.86. The second-order valence-electron chi connectivity index (χ2n) is 7.62. The number of amides is 2.